The molecule has 37 heavy (non-hydrogen) atoms. The first kappa shape index (κ1) is 26.2. The van der Waals surface area contributed by atoms with Crippen molar-refractivity contribution in [3.63, 3.8) is 0 Å². The summed E-state index contributed by atoms with van der Waals surface area (Å²) in [5.74, 6) is 0.531. The molecule has 192 valence electrons. The highest BCUT2D eigenvalue weighted by molar-refractivity contribution is 7.80. The number of hydrogen-bond acceptors (Lipinski definition) is 5. The van der Waals surface area contributed by atoms with Crippen LogP contribution in [-0.4, -0.2) is 54.6 Å². The highest BCUT2D eigenvalue weighted by atomic mass is 32.1. The average Bonchev–Trinajstić information content (AvgIpc) is 2.92. The maximum absolute atomic E-state index is 12.8. The summed E-state index contributed by atoms with van der Waals surface area (Å²) >= 11 is 5.32. The summed E-state index contributed by atoms with van der Waals surface area (Å²) in [7, 11) is 0. The summed E-state index contributed by atoms with van der Waals surface area (Å²) in [5, 5.41) is 6.00. The van der Waals surface area contributed by atoms with Gasteiger partial charge in [0.15, 0.2) is 5.11 Å². The molecule has 1 heterocycles. The third kappa shape index (κ3) is 7.07. The molecule has 2 N–H and O–H groups in total. The number of nitrogens with one attached hydrogen (secondary N) is 2. The Morgan fingerprint density at radius 3 is 2.11 bits per heavy atom. The topological polar surface area (TPSA) is 73.9 Å². The van der Waals surface area contributed by atoms with Crippen molar-refractivity contribution in [1.82, 2.24) is 10.2 Å². The number of amides is 2. The fraction of sp³-hybridized carbons (Fsp3) is 0.276. The lowest BCUT2D eigenvalue weighted by Gasteiger charge is -2.36. The number of nitrogens with zero attached hydrogens (tertiary/aromatic N) is 2. The molecule has 0 saturated carbocycles. The van der Waals surface area contributed by atoms with E-state index in [1.165, 1.54) is 0 Å². The summed E-state index contributed by atoms with van der Waals surface area (Å²) in [6, 6.07) is 22.6. The van der Waals surface area contributed by atoms with E-state index in [1.54, 1.807) is 24.3 Å². The molecule has 7 nitrogen and oxygen atoms in total. The predicted octanol–water partition coefficient (Wildman–Crippen LogP) is 4.87. The van der Waals surface area contributed by atoms with Crippen molar-refractivity contribution in [3.8, 4) is 5.75 Å². The Kier molecular flexibility index (Phi) is 8.74. The van der Waals surface area contributed by atoms with Crippen molar-refractivity contribution in [1.29, 1.82) is 0 Å². The Labute approximate surface area is 223 Å². The van der Waals surface area contributed by atoms with E-state index in [0.29, 0.717) is 25.3 Å². The van der Waals surface area contributed by atoms with Gasteiger partial charge in [0.05, 0.1) is 6.61 Å². The van der Waals surface area contributed by atoms with Gasteiger partial charge in [0.25, 0.3) is 11.8 Å². The Balaban J connectivity index is 1.25. The van der Waals surface area contributed by atoms with Gasteiger partial charge in [0.1, 0.15) is 5.75 Å². The van der Waals surface area contributed by atoms with Gasteiger partial charge < -0.3 is 19.9 Å². The molecular formula is C29H32N4O3S. The molecule has 1 saturated heterocycles. The van der Waals surface area contributed by atoms with Gasteiger partial charge in [-0.25, -0.2) is 0 Å². The fourth-order valence-corrected chi connectivity index (χ4v) is 4.27. The van der Waals surface area contributed by atoms with Crippen LogP contribution in [0.1, 0.15) is 39.6 Å². The normalized spacial score (nSPS) is 13.1. The highest BCUT2D eigenvalue weighted by Crippen LogP contribution is 2.20. The molecule has 0 unspecified atom stereocenters. The van der Waals surface area contributed by atoms with Crippen LogP contribution >= 0.6 is 12.2 Å². The van der Waals surface area contributed by atoms with Crippen LogP contribution < -0.4 is 20.3 Å². The molecule has 3 aromatic rings. The number of thiocarbonyl (C=S) groups is 1. The van der Waals surface area contributed by atoms with Crippen molar-refractivity contribution in [2.24, 2.45) is 0 Å². The van der Waals surface area contributed by atoms with E-state index >= 15 is 0 Å². The largest absolute Gasteiger partial charge is 0.494 e. The molecule has 1 aliphatic rings. The van der Waals surface area contributed by atoms with Gasteiger partial charge in [-0.1, -0.05) is 24.6 Å². The average molecular weight is 517 g/mol. The van der Waals surface area contributed by atoms with Gasteiger partial charge in [-0.15, -0.1) is 0 Å². The van der Waals surface area contributed by atoms with Crippen LogP contribution in [-0.2, 0) is 0 Å². The molecule has 2 amide bonds. The summed E-state index contributed by atoms with van der Waals surface area (Å²) in [4.78, 5) is 29.4. The monoisotopic (exact) mass is 516 g/mol. The van der Waals surface area contributed by atoms with Crippen molar-refractivity contribution >= 4 is 40.5 Å². The zero-order chi connectivity index (χ0) is 26.2. The minimum absolute atomic E-state index is 0.0792. The standard InChI is InChI=1S/C29H32N4O3S/c1-3-20-36-26-14-8-22(9-15-26)27(34)31-29(37)30-24-10-12-25(13-11-24)32-16-18-33(19-17-32)28(35)23-6-4-21(2)5-7-23/h4-15H,3,16-20H2,1-2H3,(H2,30,31,34,37). The highest BCUT2D eigenvalue weighted by Gasteiger charge is 2.22. The zero-order valence-corrected chi connectivity index (χ0v) is 22.0. The fourth-order valence-electron chi connectivity index (χ4n) is 4.06. The van der Waals surface area contributed by atoms with Crippen LogP contribution in [0.25, 0.3) is 0 Å². The first-order valence-electron chi connectivity index (χ1n) is 12.5. The molecular weight excluding hydrogens is 484 g/mol. The van der Waals surface area contributed by atoms with Crippen LogP contribution in [0, 0.1) is 6.92 Å². The van der Waals surface area contributed by atoms with Crippen molar-refractivity contribution in [2.75, 3.05) is 43.0 Å². The van der Waals surface area contributed by atoms with Gasteiger partial charge in [0.2, 0.25) is 0 Å². The first-order valence-corrected chi connectivity index (χ1v) is 12.9. The maximum Gasteiger partial charge on any atom is 0.257 e. The minimum Gasteiger partial charge on any atom is -0.494 e. The number of rotatable bonds is 7. The molecule has 4 rings (SSSR count). The lowest BCUT2D eigenvalue weighted by atomic mass is 10.1. The zero-order valence-electron chi connectivity index (χ0n) is 21.2. The van der Waals surface area contributed by atoms with E-state index in [1.807, 2.05) is 67.3 Å². The molecule has 0 aromatic heterocycles. The number of hydrogen-bond donors (Lipinski definition) is 2. The van der Waals surface area contributed by atoms with Crippen LogP contribution in [0.2, 0.25) is 0 Å². The number of ether oxygens (including phenoxy) is 1. The summed E-state index contributed by atoms with van der Waals surface area (Å²) in [6.45, 7) is 7.58. The summed E-state index contributed by atoms with van der Waals surface area (Å²) in [6.07, 6.45) is 0.926. The van der Waals surface area contributed by atoms with E-state index in [-0.39, 0.29) is 16.9 Å². The Hall–Kier alpha value is -3.91. The molecule has 0 atom stereocenters. The first-order chi connectivity index (χ1) is 17.9. The molecule has 1 fully saturated rings. The predicted molar refractivity (Wildman–Crippen MR) is 152 cm³/mol. The van der Waals surface area contributed by atoms with Crippen LogP contribution in [0.3, 0.4) is 0 Å². The SMILES string of the molecule is CCCOc1ccc(C(=O)NC(=S)Nc2ccc(N3CCN(C(=O)c4ccc(C)cc4)CC3)cc2)cc1. The van der Waals surface area contributed by atoms with E-state index in [2.05, 4.69) is 15.5 Å². The maximum atomic E-state index is 12.8. The molecule has 1 aliphatic heterocycles. The molecule has 0 bridgehead atoms. The van der Waals surface area contributed by atoms with Crippen molar-refractivity contribution < 1.29 is 14.3 Å². The van der Waals surface area contributed by atoms with E-state index < -0.39 is 0 Å². The van der Waals surface area contributed by atoms with Gasteiger partial charge in [-0.2, -0.15) is 0 Å². The van der Waals surface area contributed by atoms with E-state index in [0.717, 1.165) is 47.8 Å². The van der Waals surface area contributed by atoms with Gasteiger partial charge >= 0.3 is 0 Å². The van der Waals surface area contributed by atoms with Crippen molar-refractivity contribution in [3.05, 3.63) is 89.5 Å². The number of carbonyl (C=O) groups is 2. The van der Waals surface area contributed by atoms with Gasteiger partial charge in [0, 0.05) is 48.7 Å². The van der Waals surface area contributed by atoms with Gasteiger partial charge in [-0.05, 0) is 86.2 Å². The van der Waals surface area contributed by atoms with Crippen molar-refractivity contribution in [2.45, 2.75) is 20.3 Å². The van der Waals surface area contributed by atoms with Crippen LogP contribution in [0.5, 0.6) is 5.75 Å². The Morgan fingerprint density at radius 1 is 0.865 bits per heavy atom. The number of benzene rings is 3. The quantitative estimate of drug-likeness (QED) is 0.437. The van der Waals surface area contributed by atoms with E-state index in [9.17, 15) is 9.59 Å². The molecule has 0 aliphatic carbocycles. The summed E-state index contributed by atoms with van der Waals surface area (Å²) in [5.41, 5.74) is 4.24. The molecule has 0 spiro atoms. The third-order valence-electron chi connectivity index (χ3n) is 6.17. The lowest BCUT2D eigenvalue weighted by Crippen LogP contribution is -2.48. The Morgan fingerprint density at radius 2 is 1.49 bits per heavy atom. The smallest absolute Gasteiger partial charge is 0.257 e. The molecule has 8 heteroatoms. The third-order valence-corrected chi connectivity index (χ3v) is 6.38. The second-order valence-electron chi connectivity index (χ2n) is 8.97. The van der Waals surface area contributed by atoms with Gasteiger partial charge in [-0.3, -0.25) is 14.9 Å². The molecule has 3 aromatic carbocycles. The lowest BCUT2D eigenvalue weighted by molar-refractivity contribution is 0.0746. The minimum atomic E-state index is -0.283. The molecule has 0 radical (unpaired) electrons. The number of carbonyl (C=O) groups excluding carboxylic acids is 2. The Bertz CT molecular complexity index is 1220. The van der Waals surface area contributed by atoms with Crippen LogP contribution in [0.4, 0.5) is 11.4 Å². The second-order valence-corrected chi connectivity index (χ2v) is 9.38. The number of piperazine rings is 1. The summed E-state index contributed by atoms with van der Waals surface area (Å²) < 4.78 is 5.55. The van der Waals surface area contributed by atoms with Crippen LogP contribution in [0.15, 0.2) is 72.8 Å². The number of aryl methyl sites for hydroxylation is 1. The van der Waals surface area contributed by atoms with E-state index in [4.69, 9.17) is 17.0 Å². The second kappa shape index (κ2) is 12.4. The number of anilines is 2.